The van der Waals surface area contributed by atoms with Crippen molar-refractivity contribution in [3.63, 3.8) is 0 Å². The molecule has 1 saturated carbocycles. The molecule has 1 saturated heterocycles. The predicted molar refractivity (Wildman–Crippen MR) is 78.4 cm³/mol. The summed E-state index contributed by atoms with van der Waals surface area (Å²) >= 11 is 0. The summed E-state index contributed by atoms with van der Waals surface area (Å²) in [7, 11) is -3.03. The van der Waals surface area contributed by atoms with Crippen molar-refractivity contribution in [2.24, 2.45) is 11.7 Å². The Labute approximate surface area is 117 Å². The Morgan fingerprint density at radius 1 is 1.16 bits per heavy atom. The van der Waals surface area contributed by atoms with E-state index in [1.165, 1.54) is 31.9 Å². The van der Waals surface area contributed by atoms with Crippen LogP contribution in [0.5, 0.6) is 0 Å². The van der Waals surface area contributed by atoms with Gasteiger partial charge < -0.3 is 5.73 Å². The third-order valence-corrected chi connectivity index (χ3v) is 6.01. The van der Waals surface area contributed by atoms with Crippen molar-refractivity contribution < 1.29 is 8.42 Å². The van der Waals surface area contributed by atoms with Gasteiger partial charge in [-0.2, -0.15) is 0 Å². The molecule has 1 heterocycles. The number of nitrogens with zero attached hydrogens (tertiary/aromatic N) is 1. The summed E-state index contributed by atoms with van der Waals surface area (Å²) in [4.78, 5) is 0. The highest BCUT2D eigenvalue weighted by atomic mass is 32.2. The van der Waals surface area contributed by atoms with E-state index in [-0.39, 0.29) is 5.54 Å². The van der Waals surface area contributed by atoms with Crippen LogP contribution in [0.4, 0.5) is 0 Å². The molecule has 4 nitrogen and oxygen atoms in total. The normalized spacial score (nSPS) is 29.9. The monoisotopic (exact) mass is 288 g/mol. The van der Waals surface area contributed by atoms with Crippen molar-refractivity contribution in [3.05, 3.63) is 0 Å². The van der Waals surface area contributed by atoms with E-state index in [0.717, 1.165) is 32.1 Å². The van der Waals surface area contributed by atoms with E-state index in [2.05, 4.69) is 0 Å². The van der Waals surface area contributed by atoms with E-state index in [1.807, 2.05) is 0 Å². The first kappa shape index (κ1) is 15.3. The molecule has 1 aliphatic heterocycles. The van der Waals surface area contributed by atoms with Crippen LogP contribution in [0.15, 0.2) is 0 Å². The lowest BCUT2D eigenvalue weighted by molar-refractivity contribution is 0.202. The molecule has 0 aromatic heterocycles. The largest absolute Gasteiger partial charge is 0.325 e. The molecule has 0 spiro atoms. The maximum atomic E-state index is 11.7. The summed E-state index contributed by atoms with van der Waals surface area (Å²) in [5.74, 6) is 0.451. The minimum absolute atomic E-state index is 0.0400. The molecule has 0 aromatic rings. The van der Waals surface area contributed by atoms with E-state index < -0.39 is 10.0 Å². The molecule has 1 unspecified atom stereocenters. The third-order valence-electron chi connectivity index (χ3n) is 4.75. The number of piperidine rings is 1. The number of hydrogen-bond donors (Lipinski definition) is 1. The Hall–Kier alpha value is -0.130. The molecular formula is C14H28N2O2S. The summed E-state index contributed by atoms with van der Waals surface area (Å²) < 4.78 is 24.9. The highest BCUT2D eigenvalue weighted by Gasteiger charge is 2.33. The second-order valence-electron chi connectivity index (χ2n) is 6.61. The van der Waals surface area contributed by atoms with Crippen LogP contribution < -0.4 is 5.73 Å². The average molecular weight is 288 g/mol. The van der Waals surface area contributed by atoms with Crippen LogP contribution in [-0.2, 0) is 10.0 Å². The summed E-state index contributed by atoms with van der Waals surface area (Å²) in [6, 6.07) is 0. The standard InChI is InChI=1S/C14H28N2O2S/c1-19(17,18)16-10-6-7-13(12-16)11-14(15)8-4-2-3-5-9-14/h13H,2-12,15H2,1H3. The van der Waals surface area contributed by atoms with Gasteiger partial charge in [0, 0.05) is 18.6 Å². The van der Waals surface area contributed by atoms with Gasteiger partial charge in [-0.15, -0.1) is 0 Å². The van der Waals surface area contributed by atoms with Crippen molar-refractivity contribution in [3.8, 4) is 0 Å². The van der Waals surface area contributed by atoms with Crippen LogP contribution in [0.2, 0.25) is 0 Å². The first-order valence-corrected chi connectivity index (χ1v) is 9.48. The van der Waals surface area contributed by atoms with Gasteiger partial charge in [-0.3, -0.25) is 0 Å². The van der Waals surface area contributed by atoms with Crippen LogP contribution in [-0.4, -0.2) is 37.6 Å². The first-order valence-electron chi connectivity index (χ1n) is 7.63. The molecule has 2 rings (SSSR count). The third kappa shape index (κ3) is 4.43. The summed E-state index contributed by atoms with van der Waals surface area (Å²) in [6.45, 7) is 1.37. The van der Waals surface area contributed by atoms with E-state index in [1.54, 1.807) is 4.31 Å². The minimum atomic E-state index is -3.03. The number of sulfonamides is 1. The van der Waals surface area contributed by atoms with Gasteiger partial charge in [-0.05, 0) is 38.0 Å². The average Bonchev–Trinajstić information content (AvgIpc) is 2.53. The van der Waals surface area contributed by atoms with Gasteiger partial charge in [0.25, 0.3) is 0 Å². The van der Waals surface area contributed by atoms with Crippen LogP contribution in [0.3, 0.4) is 0 Å². The molecule has 1 atom stereocenters. The molecule has 0 aromatic carbocycles. The van der Waals surface area contributed by atoms with Crippen LogP contribution in [0.1, 0.15) is 57.8 Å². The van der Waals surface area contributed by atoms with Gasteiger partial charge in [-0.1, -0.05) is 25.7 Å². The van der Waals surface area contributed by atoms with E-state index in [9.17, 15) is 8.42 Å². The molecule has 0 amide bonds. The molecule has 0 radical (unpaired) electrons. The van der Waals surface area contributed by atoms with Gasteiger partial charge in [0.1, 0.15) is 0 Å². The molecule has 5 heteroatoms. The Kier molecular flexibility index (Phi) is 4.90. The lowest BCUT2D eigenvalue weighted by atomic mass is 9.80. The minimum Gasteiger partial charge on any atom is -0.325 e. The lowest BCUT2D eigenvalue weighted by Crippen LogP contribution is -2.46. The van der Waals surface area contributed by atoms with Gasteiger partial charge in [0.05, 0.1) is 6.26 Å². The Bertz CT molecular complexity index is 386. The predicted octanol–water partition coefficient (Wildman–Crippen LogP) is 2.10. The van der Waals surface area contributed by atoms with E-state index >= 15 is 0 Å². The molecular weight excluding hydrogens is 260 g/mol. The van der Waals surface area contributed by atoms with Crippen molar-refractivity contribution in [2.45, 2.75) is 63.3 Å². The lowest BCUT2D eigenvalue weighted by Gasteiger charge is -2.37. The number of hydrogen-bond acceptors (Lipinski definition) is 3. The Morgan fingerprint density at radius 2 is 1.79 bits per heavy atom. The SMILES string of the molecule is CS(=O)(=O)N1CCCC(CC2(N)CCCCCC2)C1. The molecule has 112 valence electrons. The highest BCUT2D eigenvalue weighted by Crippen LogP contribution is 2.33. The van der Waals surface area contributed by atoms with E-state index in [0.29, 0.717) is 19.0 Å². The zero-order chi connectivity index (χ0) is 13.9. The van der Waals surface area contributed by atoms with Crippen LogP contribution in [0.25, 0.3) is 0 Å². The fourth-order valence-corrected chi connectivity index (χ4v) is 4.65. The quantitative estimate of drug-likeness (QED) is 0.809. The summed E-state index contributed by atoms with van der Waals surface area (Å²) in [6.07, 6.45) is 11.7. The van der Waals surface area contributed by atoms with Gasteiger partial charge >= 0.3 is 0 Å². The first-order chi connectivity index (χ1) is 8.89. The fraction of sp³-hybridized carbons (Fsp3) is 1.00. The number of rotatable bonds is 3. The van der Waals surface area contributed by atoms with Crippen molar-refractivity contribution in [2.75, 3.05) is 19.3 Å². The zero-order valence-electron chi connectivity index (χ0n) is 12.1. The topological polar surface area (TPSA) is 63.4 Å². The number of nitrogens with two attached hydrogens (primary N) is 1. The molecule has 2 fully saturated rings. The zero-order valence-corrected chi connectivity index (χ0v) is 12.9. The second kappa shape index (κ2) is 6.10. The molecule has 19 heavy (non-hydrogen) atoms. The maximum absolute atomic E-state index is 11.7. The molecule has 1 aliphatic carbocycles. The van der Waals surface area contributed by atoms with E-state index in [4.69, 9.17) is 5.73 Å². The Morgan fingerprint density at radius 3 is 2.37 bits per heavy atom. The van der Waals surface area contributed by atoms with Gasteiger partial charge in [-0.25, -0.2) is 12.7 Å². The molecule has 2 aliphatic rings. The van der Waals surface area contributed by atoms with Crippen LogP contribution >= 0.6 is 0 Å². The fourth-order valence-electron chi connectivity index (χ4n) is 3.71. The summed E-state index contributed by atoms with van der Waals surface area (Å²) in [5, 5.41) is 0. The van der Waals surface area contributed by atoms with Crippen molar-refractivity contribution >= 4 is 10.0 Å². The van der Waals surface area contributed by atoms with Gasteiger partial charge in [0.15, 0.2) is 0 Å². The van der Waals surface area contributed by atoms with Crippen molar-refractivity contribution in [1.29, 1.82) is 0 Å². The van der Waals surface area contributed by atoms with Gasteiger partial charge in [0.2, 0.25) is 10.0 Å². The summed E-state index contributed by atoms with van der Waals surface area (Å²) in [5.41, 5.74) is 6.54. The molecule has 2 N–H and O–H groups in total. The second-order valence-corrected chi connectivity index (χ2v) is 8.59. The highest BCUT2D eigenvalue weighted by molar-refractivity contribution is 7.88. The smallest absolute Gasteiger partial charge is 0.211 e. The maximum Gasteiger partial charge on any atom is 0.211 e. The Balaban J connectivity index is 1.94. The van der Waals surface area contributed by atoms with Crippen LogP contribution in [0, 0.1) is 5.92 Å². The molecule has 0 bridgehead atoms. The van der Waals surface area contributed by atoms with Crippen molar-refractivity contribution in [1.82, 2.24) is 4.31 Å².